The van der Waals surface area contributed by atoms with Gasteiger partial charge in [0.15, 0.2) is 0 Å². The summed E-state index contributed by atoms with van der Waals surface area (Å²) in [6.45, 7) is 3.58. The lowest BCUT2D eigenvalue weighted by molar-refractivity contribution is -0.114. The van der Waals surface area contributed by atoms with Gasteiger partial charge in [-0.25, -0.2) is 0 Å². The Kier molecular flexibility index (Phi) is 3.85. The molecule has 0 aliphatic rings. The van der Waals surface area contributed by atoms with Gasteiger partial charge >= 0.3 is 0 Å². The lowest BCUT2D eigenvalue weighted by Gasteiger charge is -2.14. The largest absolute Gasteiger partial charge is 0.376 e. The van der Waals surface area contributed by atoms with Crippen molar-refractivity contribution < 1.29 is 4.79 Å². The second kappa shape index (κ2) is 5.56. The summed E-state index contributed by atoms with van der Waals surface area (Å²) in [7, 11) is 1.89. The maximum absolute atomic E-state index is 10.9. The van der Waals surface area contributed by atoms with Crippen molar-refractivity contribution in [1.29, 1.82) is 0 Å². The number of nitrogens with one attached hydrogen (secondary N) is 2. The highest BCUT2D eigenvalue weighted by Crippen LogP contribution is 2.20. The molecular formula is C14H18N4O. The lowest BCUT2D eigenvalue weighted by atomic mass is 10.1. The first-order chi connectivity index (χ1) is 9.04. The van der Waals surface area contributed by atoms with Crippen LogP contribution in [0.5, 0.6) is 0 Å². The van der Waals surface area contributed by atoms with E-state index in [2.05, 4.69) is 22.7 Å². The molecule has 2 rings (SSSR count). The number of rotatable bonds is 4. The molecule has 2 aromatic rings. The molecule has 0 saturated carbocycles. The standard InChI is InChI=1S/C14H18N4O/c1-10(16-14-8-15-18(3)9-14)12-4-6-13(7-5-12)17-11(2)19/h4-10,16H,1-3H3,(H,17,19)/t10-/m0/s1. The number of hydrogen-bond acceptors (Lipinski definition) is 3. The smallest absolute Gasteiger partial charge is 0.221 e. The molecule has 19 heavy (non-hydrogen) atoms. The molecule has 0 bridgehead atoms. The molecule has 5 nitrogen and oxygen atoms in total. The van der Waals surface area contributed by atoms with Crippen molar-refractivity contribution in [2.75, 3.05) is 10.6 Å². The van der Waals surface area contributed by atoms with Gasteiger partial charge in [-0.3, -0.25) is 9.48 Å². The van der Waals surface area contributed by atoms with E-state index < -0.39 is 0 Å². The topological polar surface area (TPSA) is 59.0 Å². The Morgan fingerprint density at radius 3 is 2.47 bits per heavy atom. The van der Waals surface area contributed by atoms with Crippen molar-refractivity contribution in [3.8, 4) is 0 Å². The molecule has 2 N–H and O–H groups in total. The molecule has 1 aromatic carbocycles. The second-order valence-electron chi connectivity index (χ2n) is 4.57. The number of benzene rings is 1. The predicted octanol–water partition coefficient (Wildman–Crippen LogP) is 2.55. The van der Waals surface area contributed by atoms with Crippen LogP contribution < -0.4 is 10.6 Å². The van der Waals surface area contributed by atoms with Crippen LogP contribution >= 0.6 is 0 Å². The zero-order valence-electron chi connectivity index (χ0n) is 11.3. The van der Waals surface area contributed by atoms with Gasteiger partial charge in [-0.2, -0.15) is 5.10 Å². The molecule has 0 aliphatic heterocycles. The van der Waals surface area contributed by atoms with Gasteiger partial charge in [0.1, 0.15) is 0 Å². The molecule has 1 atom stereocenters. The number of aryl methyl sites for hydroxylation is 1. The Morgan fingerprint density at radius 1 is 1.26 bits per heavy atom. The normalized spacial score (nSPS) is 11.9. The summed E-state index contributed by atoms with van der Waals surface area (Å²) in [5, 5.41) is 10.2. The van der Waals surface area contributed by atoms with E-state index in [4.69, 9.17) is 0 Å². The third-order valence-corrected chi connectivity index (χ3v) is 2.82. The zero-order valence-corrected chi connectivity index (χ0v) is 11.3. The fourth-order valence-electron chi connectivity index (χ4n) is 1.89. The minimum Gasteiger partial charge on any atom is -0.376 e. The van der Waals surface area contributed by atoms with E-state index in [1.54, 1.807) is 10.9 Å². The third-order valence-electron chi connectivity index (χ3n) is 2.82. The first kappa shape index (κ1) is 13.1. The van der Waals surface area contributed by atoms with Crippen molar-refractivity contribution in [3.63, 3.8) is 0 Å². The highest BCUT2D eigenvalue weighted by atomic mass is 16.1. The molecule has 0 unspecified atom stereocenters. The number of anilines is 2. The van der Waals surface area contributed by atoms with Crippen molar-refractivity contribution in [1.82, 2.24) is 9.78 Å². The summed E-state index contributed by atoms with van der Waals surface area (Å²) in [6.07, 6.45) is 3.73. The number of carbonyl (C=O) groups excluding carboxylic acids is 1. The third kappa shape index (κ3) is 3.58. The summed E-state index contributed by atoms with van der Waals surface area (Å²) in [6, 6.07) is 7.98. The van der Waals surface area contributed by atoms with Crippen molar-refractivity contribution >= 4 is 17.3 Å². The van der Waals surface area contributed by atoms with Gasteiger partial charge in [0.05, 0.1) is 11.9 Å². The lowest BCUT2D eigenvalue weighted by Crippen LogP contribution is -2.08. The Bertz CT molecular complexity index is 559. The fourth-order valence-corrected chi connectivity index (χ4v) is 1.89. The van der Waals surface area contributed by atoms with Crippen LogP contribution in [0.15, 0.2) is 36.7 Å². The Labute approximate surface area is 112 Å². The minimum atomic E-state index is -0.0608. The number of hydrogen-bond donors (Lipinski definition) is 2. The fraction of sp³-hybridized carbons (Fsp3) is 0.286. The Hall–Kier alpha value is -2.30. The summed E-state index contributed by atoms with van der Waals surface area (Å²) < 4.78 is 1.76. The van der Waals surface area contributed by atoms with Crippen LogP contribution in [0.2, 0.25) is 0 Å². The summed E-state index contributed by atoms with van der Waals surface area (Å²) in [5.74, 6) is -0.0608. The Balaban J connectivity index is 2.02. The van der Waals surface area contributed by atoms with Crippen LogP contribution in [0.4, 0.5) is 11.4 Å². The molecule has 1 heterocycles. The van der Waals surface area contributed by atoms with Crippen LogP contribution in [0, 0.1) is 0 Å². The molecule has 5 heteroatoms. The van der Waals surface area contributed by atoms with E-state index in [1.165, 1.54) is 6.92 Å². The van der Waals surface area contributed by atoms with Gasteiger partial charge in [0, 0.05) is 31.9 Å². The van der Waals surface area contributed by atoms with Crippen molar-refractivity contribution in [2.45, 2.75) is 19.9 Å². The van der Waals surface area contributed by atoms with Crippen molar-refractivity contribution in [3.05, 3.63) is 42.2 Å². The highest BCUT2D eigenvalue weighted by Gasteiger charge is 2.06. The maximum atomic E-state index is 10.9. The highest BCUT2D eigenvalue weighted by molar-refractivity contribution is 5.88. The van der Waals surface area contributed by atoms with Crippen LogP contribution in [-0.2, 0) is 11.8 Å². The molecule has 0 spiro atoms. The molecule has 1 aromatic heterocycles. The molecule has 100 valence electrons. The average molecular weight is 258 g/mol. The maximum Gasteiger partial charge on any atom is 0.221 e. The molecular weight excluding hydrogens is 240 g/mol. The van der Waals surface area contributed by atoms with E-state index >= 15 is 0 Å². The van der Waals surface area contributed by atoms with Crippen LogP contribution in [-0.4, -0.2) is 15.7 Å². The SMILES string of the molecule is CC(=O)Nc1ccc([C@H](C)Nc2cnn(C)c2)cc1. The first-order valence-corrected chi connectivity index (χ1v) is 6.17. The first-order valence-electron chi connectivity index (χ1n) is 6.17. The quantitative estimate of drug-likeness (QED) is 0.886. The van der Waals surface area contributed by atoms with E-state index in [9.17, 15) is 4.79 Å². The Morgan fingerprint density at radius 2 is 1.95 bits per heavy atom. The summed E-state index contributed by atoms with van der Waals surface area (Å²) in [4.78, 5) is 10.9. The summed E-state index contributed by atoms with van der Waals surface area (Å²) >= 11 is 0. The minimum absolute atomic E-state index is 0.0608. The predicted molar refractivity (Wildman–Crippen MR) is 76.0 cm³/mol. The van der Waals surface area contributed by atoms with Crippen LogP contribution in [0.3, 0.4) is 0 Å². The van der Waals surface area contributed by atoms with Gasteiger partial charge < -0.3 is 10.6 Å². The van der Waals surface area contributed by atoms with Crippen LogP contribution in [0.1, 0.15) is 25.5 Å². The van der Waals surface area contributed by atoms with Gasteiger partial charge in [0.2, 0.25) is 5.91 Å². The van der Waals surface area contributed by atoms with E-state index in [0.717, 1.165) is 16.9 Å². The van der Waals surface area contributed by atoms with Gasteiger partial charge in [-0.1, -0.05) is 12.1 Å². The molecule has 0 radical (unpaired) electrons. The molecule has 0 fully saturated rings. The molecule has 0 aliphatic carbocycles. The molecule has 0 saturated heterocycles. The zero-order chi connectivity index (χ0) is 13.8. The number of aromatic nitrogens is 2. The molecule has 1 amide bonds. The van der Waals surface area contributed by atoms with Gasteiger partial charge in [-0.15, -0.1) is 0 Å². The number of nitrogens with zero attached hydrogens (tertiary/aromatic N) is 2. The summed E-state index contributed by atoms with van der Waals surface area (Å²) in [5.41, 5.74) is 2.95. The van der Waals surface area contributed by atoms with E-state index in [0.29, 0.717) is 0 Å². The average Bonchev–Trinajstić information content (AvgIpc) is 2.75. The van der Waals surface area contributed by atoms with E-state index in [-0.39, 0.29) is 11.9 Å². The van der Waals surface area contributed by atoms with Crippen LogP contribution in [0.25, 0.3) is 0 Å². The second-order valence-corrected chi connectivity index (χ2v) is 4.57. The number of amides is 1. The monoisotopic (exact) mass is 258 g/mol. The van der Waals surface area contributed by atoms with Crippen molar-refractivity contribution in [2.24, 2.45) is 7.05 Å². The van der Waals surface area contributed by atoms with Gasteiger partial charge in [0.25, 0.3) is 0 Å². The van der Waals surface area contributed by atoms with E-state index in [1.807, 2.05) is 37.5 Å². The van der Waals surface area contributed by atoms with Gasteiger partial charge in [-0.05, 0) is 24.6 Å². The number of carbonyl (C=O) groups is 1.